The summed E-state index contributed by atoms with van der Waals surface area (Å²) in [5, 5.41) is 3.87. The van der Waals surface area contributed by atoms with Crippen LogP contribution in [0.5, 0.6) is 0 Å². The maximum absolute atomic E-state index is 6.31. The highest BCUT2D eigenvalue weighted by Crippen LogP contribution is 2.32. The van der Waals surface area contributed by atoms with Crippen molar-refractivity contribution in [3.8, 4) is 0 Å². The minimum absolute atomic E-state index is 0.333. The van der Waals surface area contributed by atoms with Crippen LogP contribution in [-0.2, 0) is 13.0 Å². The number of pyridine rings is 1. The van der Waals surface area contributed by atoms with Gasteiger partial charge in [0.05, 0.1) is 17.4 Å². The second-order valence-electron chi connectivity index (χ2n) is 7.95. The SMILES string of the molecule is CN(Cc1cn2c(N3CCNCC3)nc(Cl)cc2n1)[C@H]1CCCc2cccnc21. The van der Waals surface area contributed by atoms with Crippen molar-refractivity contribution in [2.24, 2.45) is 0 Å². The molecule has 0 amide bonds. The molecular weight excluding hydrogens is 386 g/mol. The van der Waals surface area contributed by atoms with Gasteiger partial charge in [0, 0.05) is 51.2 Å². The monoisotopic (exact) mass is 411 g/mol. The normalized spacial score (nSPS) is 19.7. The maximum atomic E-state index is 6.31. The molecule has 5 rings (SSSR count). The first-order valence-corrected chi connectivity index (χ1v) is 10.7. The summed E-state index contributed by atoms with van der Waals surface area (Å²) in [6.07, 6.45) is 7.47. The van der Waals surface area contributed by atoms with E-state index < -0.39 is 0 Å². The Bertz CT molecular complexity index is 1010. The number of hydrogen-bond acceptors (Lipinski definition) is 6. The average Bonchev–Trinajstić information content (AvgIpc) is 3.15. The highest BCUT2D eigenvalue weighted by Gasteiger charge is 2.26. The molecule has 1 N–H and O–H groups in total. The summed E-state index contributed by atoms with van der Waals surface area (Å²) < 4.78 is 2.08. The number of aryl methyl sites for hydroxylation is 1. The third-order valence-corrected chi connectivity index (χ3v) is 6.16. The molecule has 0 unspecified atom stereocenters. The van der Waals surface area contributed by atoms with Crippen LogP contribution in [0.1, 0.15) is 35.8 Å². The fourth-order valence-corrected chi connectivity index (χ4v) is 4.71. The molecule has 0 aromatic carbocycles. The zero-order valence-electron chi connectivity index (χ0n) is 16.7. The van der Waals surface area contributed by atoms with Crippen LogP contribution in [0.4, 0.5) is 5.95 Å². The molecule has 8 heteroatoms. The number of hydrogen-bond donors (Lipinski definition) is 1. The van der Waals surface area contributed by atoms with Crippen LogP contribution in [0.25, 0.3) is 5.65 Å². The smallest absolute Gasteiger partial charge is 0.212 e. The number of aromatic nitrogens is 4. The van der Waals surface area contributed by atoms with E-state index in [0.717, 1.165) is 62.9 Å². The van der Waals surface area contributed by atoms with E-state index in [1.165, 1.54) is 17.7 Å². The molecule has 29 heavy (non-hydrogen) atoms. The van der Waals surface area contributed by atoms with Crippen LogP contribution in [0.3, 0.4) is 0 Å². The third kappa shape index (κ3) is 3.70. The largest absolute Gasteiger partial charge is 0.339 e. The van der Waals surface area contributed by atoms with Crippen LogP contribution >= 0.6 is 11.6 Å². The molecule has 0 spiro atoms. The van der Waals surface area contributed by atoms with Gasteiger partial charge in [0.15, 0.2) is 0 Å². The van der Waals surface area contributed by atoms with E-state index >= 15 is 0 Å². The molecule has 3 aromatic heterocycles. The first kappa shape index (κ1) is 18.8. The fraction of sp³-hybridized carbons (Fsp3) is 0.476. The first-order chi connectivity index (χ1) is 14.2. The van der Waals surface area contributed by atoms with Crippen molar-refractivity contribution in [2.75, 3.05) is 38.1 Å². The Morgan fingerprint density at radius 1 is 1.28 bits per heavy atom. The van der Waals surface area contributed by atoms with E-state index in [9.17, 15) is 0 Å². The number of nitrogens with zero attached hydrogens (tertiary/aromatic N) is 6. The van der Waals surface area contributed by atoms with Crippen LogP contribution in [0.2, 0.25) is 5.15 Å². The van der Waals surface area contributed by atoms with Gasteiger partial charge in [0.1, 0.15) is 10.8 Å². The number of nitrogens with one attached hydrogen (secondary N) is 1. The summed E-state index contributed by atoms with van der Waals surface area (Å²) in [6, 6.07) is 6.42. The summed E-state index contributed by atoms with van der Waals surface area (Å²) >= 11 is 6.31. The molecule has 0 bridgehead atoms. The molecule has 2 aliphatic rings. The summed E-state index contributed by atoms with van der Waals surface area (Å²) in [4.78, 5) is 18.8. The minimum Gasteiger partial charge on any atom is -0.339 e. The maximum Gasteiger partial charge on any atom is 0.212 e. The van der Waals surface area contributed by atoms with Crippen LogP contribution < -0.4 is 10.2 Å². The Kier molecular flexibility index (Phi) is 5.11. The predicted molar refractivity (Wildman–Crippen MR) is 114 cm³/mol. The van der Waals surface area contributed by atoms with E-state index in [0.29, 0.717) is 11.2 Å². The van der Waals surface area contributed by atoms with Crippen molar-refractivity contribution in [3.05, 3.63) is 52.7 Å². The first-order valence-electron chi connectivity index (χ1n) is 10.3. The number of piperazine rings is 1. The molecule has 1 fully saturated rings. The topological polar surface area (TPSA) is 61.6 Å². The molecule has 0 saturated carbocycles. The second kappa shape index (κ2) is 7.89. The van der Waals surface area contributed by atoms with Crippen molar-refractivity contribution < 1.29 is 0 Å². The number of fused-ring (bicyclic) bond motifs is 2. The Labute approximate surface area is 175 Å². The molecular formula is C21H26ClN7. The van der Waals surface area contributed by atoms with Gasteiger partial charge in [-0.3, -0.25) is 14.3 Å². The summed E-state index contributed by atoms with van der Waals surface area (Å²) in [5.74, 6) is 0.875. The van der Waals surface area contributed by atoms with Crippen LogP contribution in [0, 0.1) is 0 Å². The number of rotatable bonds is 4. The number of imidazole rings is 1. The lowest BCUT2D eigenvalue weighted by molar-refractivity contribution is 0.206. The predicted octanol–water partition coefficient (Wildman–Crippen LogP) is 2.70. The van der Waals surface area contributed by atoms with Crippen LogP contribution in [0.15, 0.2) is 30.6 Å². The molecule has 1 aliphatic carbocycles. The Balaban J connectivity index is 1.43. The zero-order valence-corrected chi connectivity index (χ0v) is 17.4. The van der Waals surface area contributed by atoms with Crippen molar-refractivity contribution in [1.29, 1.82) is 0 Å². The molecule has 7 nitrogen and oxygen atoms in total. The molecule has 0 radical (unpaired) electrons. The van der Waals surface area contributed by atoms with Gasteiger partial charge in [-0.1, -0.05) is 17.7 Å². The van der Waals surface area contributed by atoms with Crippen molar-refractivity contribution in [2.45, 2.75) is 31.8 Å². The number of halogens is 1. The Morgan fingerprint density at radius 2 is 2.14 bits per heavy atom. The van der Waals surface area contributed by atoms with Crippen molar-refractivity contribution in [1.82, 2.24) is 29.6 Å². The zero-order chi connectivity index (χ0) is 19.8. The van der Waals surface area contributed by atoms with E-state index in [1.807, 2.05) is 18.3 Å². The summed E-state index contributed by atoms with van der Waals surface area (Å²) in [7, 11) is 2.17. The lowest BCUT2D eigenvalue weighted by Crippen LogP contribution is -2.44. The molecule has 4 heterocycles. The van der Waals surface area contributed by atoms with Gasteiger partial charge in [-0.2, -0.15) is 0 Å². The Morgan fingerprint density at radius 3 is 3.00 bits per heavy atom. The lowest BCUT2D eigenvalue weighted by atomic mass is 9.91. The molecule has 152 valence electrons. The van der Waals surface area contributed by atoms with Gasteiger partial charge in [-0.25, -0.2) is 9.97 Å². The molecule has 3 aromatic rings. The minimum atomic E-state index is 0.333. The quantitative estimate of drug-likeness (QED) is 0.666. The van der Waals surface area contributed by atoms with Crippen molar-refractivity contribution in [3.63, 3.8) is 0 Å². The lowest BCUT2D eigenvalue weighted by Gasteiger charge is -2.31. The summed E-state index contributed by atoms with van der Waals surface area (Å²) in [6.45, 7) is 4.50. The highest BCUT2D eigenvalue weighted by atomic mass is 35.5. The third-order valence-electron chi connectivity index (χ3n) is 5.96. The van der Waals surface area contributed by atoms with Gasteiger partial charge < -0.3 is 10.2 Å². The molecule has 1 atom stereocenters. The van der Waals surface area contributed by atoms with Gasteiger partial charge in [0.2, 0.25) is 5.95 Å². The fourth-order valence-electron chi connectivity index (χ4n) is 4.54. The van der Waals surface area contributed by atoms with Gasteiger partial charge in [0.25, 0.3) is 0 Å². The standard InChI is InChI=1S/C21H26ClN7/c1-27(17-6-2-4-15-5-3-7-24-20(15)17)13-16-14-29-19(25-16)12-18(22)26-21(29)28-10-8-23-9-11-28/h3,5,7,12,14,17,23H,2,4,6,8-11,13H2,1H3/t17-/m0/s1. The van der Waals surface area contributed by atoms with Crippen molar-refractivity contribution >= 4 is 23.2 Å². The Hall–Kier alpha value is -2.22. The summed E-state index contributed by atoms with van der Waals surface area (Å²) in [5.41, 5.74) is 4.47. The van der Waals surface area contributed by atoms with Crippen LogP contribution in [-0.4, -0.2) is 57.5 Å². The second-order valence-corrected chi connectivity index (χ2v) is 8.33. The van der Waals surface area contributed by atoms with E-state index in [-0.39, 0.29) is 0 Å². The average molecular weight is 412 g/mol. The highest BCUT2D eigenvalue weighted by molar-refractivity contribution is 6.29. The number of anilines is 1. The van der Waals surface area contributed by atoms with E-state index in [4.69, 9.17) is 16.6 Å². The van der Waals surface area contributed by atoms with E-state index in [2.05, 4.69) is 48.8 Å². The molecule has 1 aliphatic heterocycles. The van der Waals surface area contributed by atoms with Gasteiger partial charge >= 0.3 is 0 Å². The van der Waals surface area contributed by atoms with E-state index in [1.54, 1.807) is 0 Å². The van der Waals surface area contributed by atoms with Gasteiger partial charge in [-0.15, -0.1) is 0 Å². The van der Waals surface area contributed by atoms with Gasteiger partial charge in [-0.05, 0) is 37.9 Å². The molecule has 1 saturated heterocycles.